The Kier molecular flexibility index (Phi) is 3.45. The monoisotopic (exact) mass is 320 g/mol. The second-order valence-corrected chi connectivity index (χ2v) is 5.65. The fraction of sp³-hybridized carbons (Fsp3) is 0.312. The first-order valence-electron chi connectivity index (χ1n) is 7.09. The molecule has 0 bridgehead atoms. The van der Waals surface area contributed by atoms with Gasteiger partial charge in [0.25, 0.3) is 0 Å². The van der Waals surface area contributed by atoms with Crippen LogP contribution in [-0.4, -0.2) is 37.6 Å². The van der Waals surface area contributed by atoms with Crippen LogP contribution in [0.25, 0.3) is 10.8 Å². The molecule has 2 atom stereocenters. The van der Waals surface area contributed by atoms with Crippen LogP contribution >= 0.6 is 0 Å². The summed E-state index contributed by atoms with van der Waals surface area (Å²) in [5.41, 5.74) is 0.610. The SMILES string of the molecule is C[C@H]1O[C@H](CC(=O)O)Cc2c1c(O)c1c(O)ccc(O)c1c2O. The summed E-state index contributed by atoms with van der Waals surface area (Å²) in [5.74, 6) is -2.18. The van der Waals surface area contributed by atoms with Crippen LogP contribution in [0, 0.1) is 0 Å². The van der Waals surface area contributed by atoms with Gasteiger partial charge in [0.15, 0.2) is 0 Å². The first-order valence-corrected chi connectivity index (χ1v) is 7.09. The van der Waals surface area contributed by atoms with Gasteiger partial charge in [0, 0.05) is 17.5 Å². The largest absolute Gasteiger partial charge is 0.507 e. The molecule has 0 fully saturated rings. The number of carboxylic acids is 1. The molecule has 1 heterocycles. The highest BCUT2D eigenvalue weighted by Crippen LogP contribution is 2.51. The number of fused-ring (bicyclic) bond motifs is 2. The van der Waals surface area contributed by atoms with E-state index in [1.165, 1.54) is 12.1 Å². The highest BCUT2D eigenvalue weighted by Gasteiger charge is 2.33. The van der Waals surface area contributed by atoms with Crippen molar-refractivity contribution in [2.24, 2.45) is 0 Å². The minimum atomic E-state index is -1.03. The van der Waals surface area contributed by atoms with Crippen molar-refractivity contribution in [3.8, 4) is 23.0 Å². The van der Waals surface area contributed by atoms with Gasteiger partial charge in [-0.15, -0.1) is 0 Å². The van der Waals surface area contributed by atoms with Crippen LogP contribution in [0.4, 0.5) is 0 Å². The van der Waals surface area contributed by atoms with Gasteiger partial charge in [-0.25, -0.2) is 0 Å². The number of phenolic OH excluding ortho intramolecular Hbond substituents is 4. The lowest BCUT2D eigenvalue weighted by Crippen LogP contribution is -2.27. The average molecular weight is 320 g/mol. The van der Waals surface area contributed by atoms with Gasteiger partial charge in [0.2, 0.25) is 0 Å². The normalized spacial score (nSPS) is 20.4. The van der Waals surface area contributed by atoms with E-state index < -0.39 is 18.2 Å². The Bertz CT molecular complexity index is 812. The van der Waals surface area contributed by atoms with Crippen LogP contribution in [0.5, 0.6) is 23.0 Å². The minimum absolute atomic E-state index is 0.0617. The molecule has 122 valence electrons. The first-order chi connectivity index (χ1) is 10.8. The van der Waals surface area contributed by atoms with E-state index in [1.807, 2.05) is 0 Å². The van der Waals surface area contributed by atoms with Crippen LogP contribution < -0.4 is 0 Å². The zero-order valence-corrected chi connectivity index (χ0v) is 12.3. The number of benzene rings is 2. The molecule has 7 nitrogen and oxygen atoms in total. The van der Waals surface area contributed by atoms with E-state index in [-0.39, 0.29) is 52.2 Å². The molecule has 23 heavy (non-hydrogen) atoms. The molecule has 0 amide bonds. The Morgan fingerprint density at radius 2 is 1.70 bits per heavy atom. The maximum Gasteiger partial charge on any atom is 0.305 e. The lowest BCUT2D eigenvalue weighted by molar-refractivity contribution is -0.141. The van der Waals surface area contributed by atoms with Crippen LogP contribution in [-0.2, 0) is 16.0 Å². The van der Waals surface area contributed by atoms with Gasteiger partial charge in [-0.3, -0.25) is 4.79 Å². The fourth-order valence-electron chi connectivity index (χ4n) is 3.21. The number of hydrogen-bond acceptors (Lipinski definition) is 6. The standard InChI is InChI=1S/C16H16O7/c1-6-12-8(4-7(23-6)5-11(19)20)15(21)13-9(17)2-3-10(18)14(13)16(12)22/h2-3,6-7,17-18,21-22H,4-5H2,1H3,(H,19,20)/t6-,7+/m1/s1. The number of phenols is 4. The smallest absolute Gasteiger partial charge is 0.305 e. The number of rotatable bonds is 2. The van der Waals surface area contributed by atoms with Gasteiger partial charge in [-0.2, -0.15) is 0 Å². The molecule has 0 saturated carbocycles. The van der Waals surface area contributed by atoms with Gasteiger partial charge in [-0.1, -0.05) is 0 Å². The van der Waals surface area contributed by atoms with Crippen molar-refractivity contribution >= 4 is 16.7 Å². The molecule has 3 rings (SSSR count). The summed E-state index contributed by atoms with van der Waals surface area (Å²) in [6.07, 6.45) is -1.48. The summed E-state index contributed by atoms with van der Waals surface area (Å²) in [6, 6.07) is 2.42. The van der Waals surface area contributed by atoms with Crippen molar-refractivity contribution in [2.75, 3.05) is 0 Å². The summed E-state index contributed by atoms with van der Waals surface area (Å²) in [6.45, 7) is 1.62. The predicted octanol–water partition coefficient (Wildman–Crippen LogP) is 2.14. The summed E-state index contributed by atoms with van der Waals surface area (Å²) < 4.78 is 5.58. The topological polar surface area (TPSA) is 127 Å². The molecule has 0 aromatic heterocycles. The lowest BCUT2D eigenvalue weighted by atomic mass is 9.88. The maximum absolute atomic E-state index is 10.9. The summed E-state index contributed by atoms with van der Waals surface area (Å²) in [4.78, 5) is 10.9. The molecule has 7 heteroatoms. The number of aromatic hydroxyl groups is 4. The Hall–Kier alpha value is -2.67. The van der Waals surface area contributed by atoms with Crippen molar-refractivity contribution in [1.82, 2.24) is 0 Å². The Balaban J connectivity index is 2.28. The molecule has 0 unspecified atom stereocenters. The van der Waals surface area contributed by atoms with Gasteiger partial charge >= 0.3 is 5.97 Å². The van der Waals surface area contributed by atoms with Gasteiger partial charge in [0.1, 0.15) is 23.0 Å². The fourth-order valence-corrected chi connectivity index (χ4v) is 3.21. The van der Waals surface area contributed by atoms with E-state index in [9.17, 15) is 25.2 Å². The van der Waals surface area contributed by atoms with Crippen LogP contribution in [0.3, 0.4) is 0 Å². The quantitative estimate of drug-likeness (QED) is 0.536. The highest BCUT2D eigenvalue weighted by molar-refractivity contribution is 6.03. The van der Waals surface area contributed by atoms with Crippen LogP contribution in [0.2, 0.25) is 0 Å². The van der Waals surface area contributed by atoms with Gasteiger partial charge in [0.05, 0.1) is 29.4 Å². The molecular weight excluding hydrogens is 304 g/mol. The van der Waals surface area contributed by atoms with E-state index in [0.717, 1.165) is 0 Å². The maximum atomic E-state index is 10.9. The first kappa shape index (κ1) is 15.2. The van der Waals surface area contributed by atoms with Gasteiger partial charge in [-0.05, 0) is 19.1 Å². The zero-order valence-electron chi connectivity index (χ0n) is 12.3. The average Bonchev–Trinajstić information content (AvgIpc) is 2.45. The van der Waals surface area contributed by atoms with Crippen molar-refractivity contribution in [3.05, 3.63) is 23.3 Å². The predicted molar refractivity (Wildman–Crippen MR) is 79.9 cm³/mol. The molecule has 0 radical (unpaired) electrons. The molecule has 0 spiro atoms. The summed E-state index contributed by atoms with van der Waals surface area (Å²) in [7, 11) is 0. The van der Waals surface area contributed by atoms with E-state index >= 15 is 0 Å². The molecule has 0 aliphatic carbocycles. The number of carbonyl (C=O) groups is 1. The third-order valence-electron chi connectivity index (χ3n) is 4.14. The van der Waals surface area contributed by atoms with E-state index in [4.69, 9.17) is 9.84 Å². The Morgan fingerprint density at radius 3 is 2.26 bits per heavy atom. The second kappa shape index (κ2) is 5.20. The molecule has 5 N–H and O–H groups in total. The van der Waals surface area contributed by atoms with E-state index in [1.54, 1.807) is 6.92 Å². The molecule has 2 aromatic carbocycles. The molecule has 0 saturated heterocycles. The second-order valence-electron chi connectivity index (χ2n) is 5.65. The molecule has 2 aromatic rings. The summed E-state index contributed by atoms with van der Waals surface area (Å²) in [5, 5.41) is 49.7. The van der Waals surface area contributed by atoms with E-state index in [0.29, 0.717) is 5.56 Å². The number of ether oxygens (including phenoxy) is 1. The number of carboxylic acid groups (broad SMARTS) is 1. The van der Waals surface area contributed by atoms with Crippen LogP contribution in [0.1, 0.15) is 30.6 Å². The third-order valence-corrected chi connectivity index (χ3v) is 4.14. The van der Waals surface area contributed by atoms with E-state index in [2.05, 4.69) is 0 Å². The Morgan fingerprint density at radius 1 is 1.13 bits per heavy atom. The highest BCUT2D eigenvalue weighted by atomic mass is 16.5. The van der Waals surface area contributed by atoms with Crippen molar-refractivity contribution in [3.63, 3.8) is 0 Å². The zero-order chi connectivity index (χ0) is 16.9. The summed E-state index contributed by atoms with van der Waals surface area (Å²) >= 11 is 0. The number of hydrogen-bond donors (Lipinski definition) is 5. The molecule has 1 aliphatic heterocycles. The van der Waals surface area contributed by atoms with Crippen molar-refractivity contribution in [1.29, 1.82) is 0 Å². The lowest BCUT2D eigenvalue weighted by Gasteiger charge is -2.31. The minimum Gasteiger partial charge on any atom is -0.507 e. The molecular formula is C16H16O7. The number of aliphatic carboxylic acids is 1. The van der Waals surface area contributed by atoms with Crippen molar-refractivity contribution in [2.45, 2.75) is 32.0 Å². The van der Waals surface area contributed by atoms with Crippen molar-refractivity contribution < 1.29 is 35.1 Å². The Labute approximate surface area is 131 Å². The van der Waals surface area contributed by atoms with Gasteiger partial charge < -0.3 is 30.3 Å². The van der Waals surface area contributed by atoms with Crippen LogP contribution in [0.15, 0.2) is 12.1 Å². The molecule has 1 aliphatic rings. The third kappa shape index (κ3) is 2.29.